The molecule has 0 bridgehead atoms. The number of aliphatic hydroxyl groups is 1. The largest absolute Gasteiger partial charge is 0.388 e. The van der Waals surface area contributed by atoms with Crippen molar-refractivity contribution in [2.75, 3.05) is 0 Å². The van der Waals surface area contributed by atoms with Crippen LogP contribution in [-0.4, -0.2) is 14.7 Å². The molecule has 0 aliphatic heterocycles. The van der Waals surface area contributed by atoms with Gasteiger partial charge in [0.1, 0.15) is 5.82 Å². The van der Waals surface area contributed by atoms with Gasteiger partial charge in [0.25, 0.3) is 0 Å². The first-order chi connectivity index (χ1) is 10.2. The standard InChI is InChI=1S/C16H14F2N2O/c17-16(18)20-13-9-5-4-8-12(13)19-15(20)10-14(21)11-6-2-1-3-7-11/h1-9,14,16,21H,10H2/t14-/m1/s1. The van der Waals surface area contributed by atoms with Gasteiger partial charge in [-0.25, -0.2) is 4.98 Å². The molecular formula is C16H14F2N2O. The lowest BCUT2D eigenvalue weighted by Crippen LogP contribution is -2.09. The van der Waals surface area contributed by atoms with Crippen LogP contribution in [0.15, 0.2) is 54.6 Å². The Hall–Kier alpha value is -2.27. The minimum Gasteiger partial charge on any atom is -0.388 e. The molecule has 5 heteroatoms. The summed E-state index contributed by atoms with van der Waals surface area (Å²) >= 11 is 0. The highest BCUT2D eigenvalue weighted by atomic mass is 19.3. The van der Waals surface area contributed by atoms with Gasteiger partial charge in [0, 0.05) is 6.42 Å². The van der Waals surface area contributed by atoms with E-state index in [-0.39, 0.29) is 12.2 Å². The summed E-state index contributed by atoms with van der Waals surface area (Å²) in [4.78, 5) is 4.22. The van der Waals surface area contributed by atoms with Gasteiger partial charge in [-0.3, -0.25) is 4.57 Å². The van der Waals surface area contributed by atoms with Gasteiger partial charge in [-0.15, -0.1) is 0 Å². The molecule has 3 nitrogen and oxygen atoms in total. The summed E-state index contributed by atoms with van der Waals surface area (Å²) < 4.78 is 27.4. The second-order valence-electron chi connectivity index (χ2n) is 4.80. The number of hydrogen-bond acceptors (Lipinski definition) is 2. The van der Waals surface area contributed by atoms with Gasteiger partial charge < -0.3 is 5.11 Å². The summed E-state index contributed by atoms with van der Waals surface area (Å²) in [7, 11) is 0. The fourth-order valence-corrected chi connectivity index (χ4v) is 2.42. The molecule has 0 aliphatic carbocycles. The van der Waals surface area contributed by atoms with Crippen LogP contribution in [0, 0.1) is 0 Å². The summed E-state index contributed by atoms with van der Waals surface area (Å²) in [5, 5.41) is 10.2. The monoisotopic (exact) mass is 288 g/mol. The molecule has 1 N–H and O–H groups in total. The zero-order valence-electron chi connectivity index (χ0n) is 11.2. The lowest BCUT2D eigenvalue weighted by Gasteiger charge is -2.12. The van der Waals surface area contributed by atoms with Gasteiger partial charge >= 0.3 is 6.55 Å². The summed E-state index contributed by atoms with van der Waals surface area (Å²) in [5.41, 5.74) is 1.57. The number of aliphatic hydroxyl groups excluding tert-OH is 1. The van der Waals surface area contributed by atoms with E-state index in [1.54, 1.807) is 48.5 Å². The molecule has 0 aliphatic rings. The van der Waals surface area contributed by atoms with E-state index in [4.69, 9.17) is 0 Å². The predicted octanol–water partition coefficient (Wildman–Crippen LogP) is 3.71. The van der Waals surface area contributed by atoms with Gasteiger partial charge in [-0.1, -0.05) is 42.5 Å². The molecule has 3 rings (SSSR count). The highest BCUT2D eigenvalue weighted by Crippen LogP contribution is 2.26. The van der Waals surface area contributed by atoms with Gasteiger partial charge in [-0.2, -0.15) is 8.78 Å². The number of rotatable bonds is 4. The topological polar surface area (TPSA) is 38.1 Å². The molecule has 0 saturated carbocycles. The van der Waals surface area contributed by atoms with Crippen LogP contribution < -0.4 is 0 Å². The average Bonchev–Trinajstić information content (AvgIpc) is 2.86. The van der Waals surface area contributed by atoms with Crippen molar-refractivity contribution in [2.45, 2.75) is 19.1 Å². The molecule has 0 amide bonds. The maximum Gasteiger partial charge on any atom is 0.320 e. The molecule has 0 spiro atoms. The van der Waals surface area contributed by atoms with E-state index in [2.05, 4.69) is 4.98 Å². The lowest BCUT2D eigenvalue weighted by molar-refractivity contribution is 0.0684. The number of para-hydroxylation sites is 2. The zero-order valence-corrected chi connectivity index (χ0v) is 11.2. The summed E-state index contributed by atoms with van der Waals surface area (Å²) in [5.74, 6) is 0.183. The minimum atomic E-state index is -2.68. The number of imidazole rings is 1. The molecule has 21 heavy (non-hydrogen) atoms. The molecule has 0 fully saturated rings. The molecule has 108 valence electrons. The first kappa shape index (κ1) is 13.7. The SMILES string of the molecule is O[C@H](Cc1nc2ccccc2n1C(F)F)c1ccccc1. The zero-order chi connectivity index (χ0) is 14.8. The number of halogens is 2. The Morgan fingerprint density at radius 3 is 2.38 bits per heavy atom. The first-order valence-corrected chi connectivity index (χ1v) is 6.64. The smallest absolute Gasteiger partial charge is 0.320 e. The normalized spacial score (nSPS) is 13.0. The Labute approximate surface area is 120 Å². The van der Waals surface area contributed by atoms with Gasteiger partial charge in [0.2, 0.25) is 0 Å². The van der Waals surface area contributed by atoms with E-state index in [0.717, 1.165) is 4.57 Å². The second kappa shape index (κ2) is 5.61. The summed E-state index contributed by atoms with van der Waals surface area (Å²) in [6, 6.07) is 15.7. The van der Waals surface area contributed by atoms with Crippen molar-refractivity contribution in [3.63, 3.8) is 0 Å². The maximum absolute atomic E-state index is 13.3. The summed E-state index contributed by atoms with van der Waals surface area (Å²) in [6.45, 7) is -2.68. The van der Waals surface area contributed by atoms with Crippen LogP contribution >= 0.6 is 0 Å². The maximum atomic E-state index is 13.3. The van der Waals surface area contributed by atoms with Crippen molar-refractivity contribution in [1.29, 1.82) is 0 Å². The molecular weight excluding hydrogens is 274 g/mol. The Kier molecular flexibility index (Phi) is 3.66. The van der Waals surface area contributed by atoms with Crippen molar-refractivity contribution in [2.24, 2.45) is 0 Å². The summed E-state index contributed by atoms with van der Waals surface area (Å²) in [6.07, 6.45) is -0.816. The predicted molar refractivity (Wildman–Crippen MR) is 76.1 cm³/mol. The van der Waals surface area contributed by atoms with Crippen LogP contribution in [0.4, 0.5) is 8.78 Å². The van der Waals surface area contributed by atoms with E-state index >= 15 is 0 Å². The molecule has 2 aromatic carbocycles. The fraction of sp³-hybridized carbons (Fsp3) is 0.188. The Balaban J connectivity index is 1.98. The molecule has 1 aromatic heterocycles. The van der Waals surface area contributed by atoms with Crippen LogP contribution in [0.25, 0.3) is 11.0 Å². The average molecular weight is 288 g/mol. The van der Waals surface area contributed by atoms with E-state index < -0.39 is 12.7 Å². The molecule has 0 saturated heterocycles. The number of nitrogens with zero attached hydrogens (tertiary/aromatic N) is 2. The van der Waals surface area contributed by atoms with Gasteiger partial charge in [-0.05, 0) is 17.7 Å². The van der Waals surface area contributed by atoms with Crippen LogP contribution in [0.1, 0.15) is 24.0 Å². The van der Waals surface area contributed by atoms with E-state index in [1.165, 1.54) is 0 Å². The number of alkyl halides is 2. The molecule has 0 unspecified atom stereocenters. The fourth-order valence-electron chi connectivity index (χ4n) is 2.42. The van der Waals surface area contributed by atoms with E-state index in [0.29, 0.717) is 16.6 Å². The number of hydrogen-bond donors (Lipinski definition) is 1. The van der Waals surface area contributed by atoms with Gasteiger partial charge in [0.05, 0.1) is 17.1 Å². The molecule has 3 aromatic rings. The van der Waals surface area contributed by atoms with Crippen molar-refractivity contribution < 1.29 is 13.9 Å². The third-order valence-electron chi connectivity index (χ3n) is 3.42. The van der Waals surface area contributed by atoms with Crippen LogP contribution in [0.3, 0.4) is 0 Å². The quantitative estimate of drug-likeness (QED) is 0.794. The minimum absolute atomic E-state index is 0.0447. The van der Waals surface area contributed by atoms with Crippen molar-refractivity contribution >= 4 is 11.0 Å². The third kappa shape index (κ3) is 2.64. The molecule has 1 atom stereocenters. The Bertz CT molecular complexity index is 740. The Morgan fingerprint density at radius 2 is 1.67 bits per heavy atom. The van der Waals surface area contributed by atoms with Crippen molar-refractivity contribution in [3.05, 3.63) is 66.0 Å². The number of benzene rings is 2. The third-order valence-corrected chi connectivity index (χ3v) is 3.42. The lowest BCUT2D eigenvalue weighted by atomic mass is 10.1. The van der Waals surface area contributed by atoms with Crippen molar-refractivity contribution in [3.8, 4) is 0 Å². The highest BCUT2D eigenvalue weighted by Gasteiger charge is 2.20. The first-order valence-electron chi connectivity index (χ1n) is 6.64. The van der Waals surface area contributed by atoms with Crippen LogP contribution in [0.2, 0.25) is 0 Å². The highest BCUT2D eigenvalue weighted by molar-refractivity contribution is 5.76. The van der Waals surface area contributed by atoms with Crippen molar-refractivity contribution in [1.82, 2.24) is 9.55 Å². The van der Waals surface area contributed by atoms with E-state index in [9.17, 15) is 13.9 Å². The Morgan fingerprint density at radius 1 is 1.00 bits per heavy atom. The van der Waals surface area contributed by atoms with Crippen LogP contribution in [0.5, 0.6) is 0 Å². The second-order valence-corrected chi connectivity index (χ2v) is 4.80. The van der Waals surface area contributed by atoms with Gasteiger partial charge in [0.15, 0.2) is 0 Å². The van der Waals surface area contributed by atoms with Crippen LogP contribution in [-0.2, 0) is 6.42 Å². The molecule has 0 radical (unpaired) electrons. The number of aromatic nitrogens is 2. The van der Waals surface area contributed by atoms with E-state index in [1.807, 2.05) is 6.07 Å². The molecule has 1 heterocycles. The number of fused-ring (bicyclic) bond motifs is 1.